The highest BCUT2D eigenvalue weighted by Gasteiger charge is 2.22. The van der Waals surface area contributed by atoms with Gasteiger partial charge in [-0.2, -0.15) is 0 Å². The van der Waals surface area contributed by atoms with E-state index in [-0.39, 0.29) is 13.2 Å². The largest absolute Gasteiger partial charge is 0.514 e. The first-order valence-electron chi connectivity index (χ1n) is 2.75. The highest BCUT2D eigenvalue weighted by molar-refractivity contribution is 7.48. The lowest BCUT2D eigenvalue weighted by atomic mass is 10.7. The fraction of sp³-hybridized carbons (Fsp3) is 0.333. The van der Waals surface area contributed by atoms with Crippen molar-refractivity contribution >= 4 is 7.91 Å². The zero-order valence-corrected chi connectivity index (χ0v) is 6.72. The second-order valence-corrected chi connectivity index (χ2v) is 2.87. The second-order valence-electron chi connectivity index (χ2n) is 1.49. The summed E-state index contributed by atoms with van der Waals surface area (Å²) in [7, 11) is -4.44. The molecule has 0 rings (SSSR count). The molecule has 0 aliphatic rings. The Bertz CT molecular complexity index is 208. The van der Waals surface area contributed by atoms with E-state index in [9.17, 15) is 8.76 Å². The standard InChI is InChI=1S/C6H8FO3P/c1-3-5-9-11(7,8)10-6-4-2/h1,4H,2,5-6H2. The molecule has 0 aliphatic carbocycles. The van der Waals surface area contributed by atoms with Crippen molar-refractivity contribution in [3.63, 3.8) is 0 Å². The summed E-state index contributed by atoms with van der Waals surface area (Å²) in [6, 6.07) is 0. The van der Waals surface area contributed by atoms with Gasteiger partial charge in [0.2, 0.25) is 0 Å². The maximum absolute atomic E-state index is 12.4. The van der Waals surface area contributed by atoms with Gasteiger partial charge in [0, 0.05) is 0 Å². The third kappa shape index (κ3) is 5.81. The number of hydrogen-bond donors (Lipinski definition) is 0. The van der Waals surface area contributed by atoms with E-state index in [1.54, 1.807) is 0 Å². The van der Waals surface area contributed by atoms with Crippen molar-refractivity contribution in [2.45, 2.75) is 0 Å². The van der Waals surface area contributed by atoms with Gasteiger partial charge in [-0.15, -0.1) is 17.2 Å². The first-order valence-corrected chi connectivity index (χ1v) is 4.19. The van der Waals surface area contributed by atoms with Crippen molar-refractivity contribution < 1.29 is 17.8 Å². The van der Waals surface area contributed by atoms with Gasteiger partial charge in [0.05, 0.1) is 6.61 Å². The molecular formula is C6H8FO3P. The van der Waals surface area contributed by atoms with Gasteiger partial charge in [0.15, 0.2) is 0 Å². The fourth-order valence-electron chi connectivity index (χ4n) is 0.293. The molecule has 0 N–H and O–H groups in total. The minimum atomic E-state index is -4.44. The average molecular weight is 178 g/mol. The Hall–Kier alpha value is -0.620. The van der Waals surface area contributed by atoms with Crippen molar-refractivity contribution in [1.29, 1.82) is 0 Å². The van der Waals surface area contributed by atoms with Crippen molar-refractivity contribution in [2.75, 3.05) is 13.2 Å². The summed E-state index contributed by atoms with van der Waals surface area (Å²) in [6.07, 6.45) is 5.98. The first-order chi connectivity index (χ1) is 5.12. The maximum Gasteiger partial charge on any atom is 0.514 e. The van der Waals surface area contributed by atoms with Crippen LogP contribution in [0.3, 0.4) is 0 Å². The Morgan fingerprint density at radius 3 is 2.82 bits per heavy atom. The van der Waals surface area contributed by atoms with Gasteiger partial charge in [-0.05, 0) is 0 Å². The summed E-state index contributed by atoms with van der Waals surface area (Å²) < 4.78 is 31.1. The lowest BCUT2D eigenvalue weighted by Gasteiger charge is -2.04. The Balaban J connectivity index is 3.72. The van der Waals surface area contributed by atoms with Crippen LogP contribution in [0.1, 0.15) is 0 Å². The lowest BCUT2D eigenvalue weighted by Crippen LogP contribution is -1.91. The van der Waals surface area contributed by atoms with Gasteiger partial charge >= 0.3 is 7.91 Å². The van der Waals surface area contributed by atoms with Crippen molar-refractivity contribution in [2.24, 2.45) is 0 Å². The molecule has 5 heteroatoms. The van der Waals surface area contributed by atoms with Crippen LogP contribution in [0.15, 0.2) is 12.7 Å². The molecule has 0 heterocycles. The summed E-state index contributed by atoms with van der Waals surface area (Å²) in [6.45, 7) is 2.70. The molecule has 0 spiro atoms. The third-order valence-electron chi connectivity index (χ3n) is 0.649. The Morgan fingerprint density at radius 1 is 1.73 bits per heavy atom. The van der Waals surface area contributed by atoms with E-state index in [4.69, 9.17) is 6.42 Å². The van der Waals surface area contributed by atoms with Gasteiger partial charge in [-0.1, -0.05) is 12.0 Å². The Morgan fingerprint density at radius 2 is 2.36 bits per heavy atom. The van der Waals surface area contributed by atoms with Gasteiger partial charge < -0.3 is 0 Å². The fourth-order valence-corrected chi connectivity index (χ4v) is 0.880. The molecule has 0 fully saturated rings. The van der Waals surface area contributed by atoms with Gasteiger partial charge in [-0.3, -0.25) is 9.05 Å². The van der Waals surface area contributed by atoms with E-state index in [1.807, 2.05) is 5.92 Å². The first kappa shape index (κ1) is 10.4. The summed E-state index contributed by atoms with van der Waals surface area (Å²) in [5.74, 6) is 1.96. The van der Waals surface area contributed by atoms with Crippen molar-refractivity contribution in [3.05, 3.63) is 12.7 Å². The Labute approximate surface area is 64.9 Å². The molecule has 0 radical (unpaired) electrons. The predicted octanol–water partition coefficient (Wildman–Crippen LogP) is 1.92. The van der Waals surface area contributed by atoms with Crippen LogP contribution in [0.4, 0.5) is 4.20 Å². The molecule has 1 unspecified atom stereocenters. The highest BCUT2D eigenvalue weighted by Crippen LogP contribution is 2.49. The van der Waals surface area contributed by atoms with Crippen LogP contribution < -0.4 is 0 Å². The Kier molecular flexibility index (Phi) is 4.80. The molecule has 11 heavy (non-hydrogen) atoms. The number of hydrogen-bond acceptors (Lipinski definition) is 3. The van der Waals surface area contributed by atoms with Crippen LogP contribution in [0.5, 0.6) is 0 Å². The molecule has 0 aliphatic heterocycles. The third-order valence-corrected chi connectivity index (χ3v) is 1.54. The summed E-state index contributed by atoms with van der Waals surface area (Å²) >= 11 is 0. The zero-order chi connectivity index (χ0) is 8.74. The normalized spacial score (nSPS) is 14.9. The van der Waals surface area contributed by atoms with Crippen LogP contribution in [0.2, 0.25) is 0 Å². The van der Waals surface area contributed by atoms with Crippen LogP contribution in [-0.2, 0) is 13.6 Å². The second kappa shape index (κ2) is 5.09. The summed E-state index contributed by atoms with van der Waals surface area (Å²) in [5, 5.41) is 0. The molecule has 1 atom stereocenters. The topological polar surface area (TPSA) is 35.5 Å². The smallest absolute Gasteiger partial charge is 0.279 e. The quantitative estimate of drug-likeness (QED) is 0.366. The molecule has 0 aromatic rings. The minimum Gasteiger partial charge on any atom is -0.279 e. The minimum absolute atomic E-state index is 0.168. The highest BCUT2D eigenvalue weighted by atomic mass is 31.2. The molecule has 0 aromatic carbocycles. The van der Waals surface area contributed by atoms with E-state index in [0.29, 0.717) is 0 Å². The number of terminal acetylenes is 1. The molecule has 0 aromatic heterocycles. The molecular weight excluding hydrogens is 170 g/mol. The monoisotopic (exact) mass is 178 g/mol. The molecule has 0 saturated carbocycles. The average Bonchev–Trinajstić information content (AvgIpc) is 1.97. The van der Waals surface area contributed by atoms with Gasteiger partial charge in [0.25, 0.3) is 0 Å². The number of rotatable bonds is 5. The summed E-state index contributed by atoms with van der Waals surface area (Å²) in [5.41, 5.74) is 0. The van der Waals surface area contributed by atoms with Crippen molar-refractivity contribution in [1.82, 2.24) is 0 Å². The number of halogens is 1. The van der Waals surface area contributed by atoms with Crippen LogP contribution in [-0.4, -0.2) is 13.2 Å². The summed E-state index contributed by atoms with van der Waals surface area (Å²) in [4.78, 5) is 0. The lowest BCUT2D eigenvalue weighted by molar-refractivity contribution is 0.205. The zero-order valence-electron chi connectivity index (χ0n) is 5.83. The van der Waals surface area contributed by atoms with Crippen molar-refractivity contribution in [3.8, 4) is 12.3 Å². The molecule has 0 amide bonds. The maximum atomic E-state index is 12.4. The van der Waals surface area contributed by atoms with E-state index in [1.165, 1.54) is 6.08 Å². The van der Waals surface area contributed by atoms with E-state index in [2.05, 4.69) is 15.6 Å². The van der Waals surface area contributed by atoms with Crippen LogP contribution in [0.25, 0.3) is 0 Å². The van der Waals surface area contributed by atoms with E-state index < -0.39 is 7.91 Å². The van der Waals surface area contributed by atoms with Gasteiger partial charge in [-0.25, -0.2) is 4.57 Å². The van der Waals surface area contributed by atoms with Gasteiger partial charge in [0.1, 0.15) is 6.61 Å². The van der Waals surface area contributed by atoms with E-state index >= 15 is 0 Å². The molecule has 3 nitrogen and oxygen atoms in total. The van der Waals surface area contributed by atoms with E-state index in [0.717, 1.165) is 0 Å². The molecule has 0 bridgehead atoms. The molecule has 62 valence electrons. The molecule has 0 saturated heterocycles. The van der Waals surface area contributed by atoms with Crippen LogP contribution >= 0.6 is 7.91 Å². The van der Waals surface area contributed by atoms with Crippen LogP contribution in [0, 0.1) is 12.3 Å². The SMILES string of the molecule is C#CCOP(=O)(F)OCC=C. The predicted molar refractivity (Wildman–Crippen MR) is 39.6 cm³/mol.